The maximum Gasteiger partial charge on any atom is 0.123 e. The van der Waals surface area contributed by atoms with Gasteiger partial charge in [0.05, 0.1) is 16.4 Å². The second-order valence-corrected chi connectivity index (χ2v) is 5.37. The van der Waals surface area contributed by atoms with Gasteiger partial charge in [-0.1, -0.05) is 35.9 Å². The van der Waals surface area contributed by atoms with Crippen LogP contribution < -0.4 is 10.2 Å². The van der Waals surface area contributed by atoms with Gasteiger partial charge in [-0.15, -0.1) is 0 Å². The van der Waals surface area contributed by atoms with Gasteiger partial charge in [0.15, 0.2) is 0 Å². The molecule has 3 nitrogen and oxygen atoms in total. The summed E-state index contributed by atoms with van der Waals surface area (Å²) in [6.07, 6.45) is 0. The molecule has 2 rings (SSSR count). The SMILES string of the molecule is Cc1cccc(CNc2cccc(Cl)c2N(C)C)c1O. The maximum absolute atomic E-state index is 10.0. The number of nitrogens with one attached hydrogen (secondary N) is 1. The Labute approximate surface area is 124 Å². The van der Waals surface area contributed by atoms with E-state index in [0.29, 0.717) is 17.3 Å². The summed E-state index contributed by atoms with van der Waals surface area (Å²) in [5, 5.41) is 14.1. The fraction of sp³-hybridized carbons (Fsp3) is 0.250. The van der Waals surface area contributed by atoms with Crippen LogP contribution in [0, 0.1) is 6.92 Å². The van der Waals surface area contributed by atoms with Gasteiger partial charge in [-0.2, -0.15) is 0 Å². The van der Waals surface area contributed by atoms with E-state index in [0.717, 1.165) is 22.5 Å². The molecule has 2 N–H and O–H groups in total. The van der Waals surface area contributed by atoms with Crippen molar-refractivity contribution in [1.82, 2.24) is 0 Å². The Bertz CT molecular complexity index is 611. The number of anilines is 2. The number of hydrogen-bond acceptors (Lipinski definition) is 3. The molecular weight excluding hydrogens is 272 g/mol. The van der Waals surface area contributed by atoms with E-state index in [1.54, 1.807) is 0 Å². The average molecular weight is 291 g/mol. The smallest absolute Gasteiger partial charge is 0.123 e. The summed E-state index contributed by atoms with van der Waals surface area (Å²) in [6.45, 7) is 2.44. The van der Waals surface area contributed by atoms with Crippen LogP contribution in [0.1, 0.15) is 11.1 Å². The summed E-state index contributed by atoms with van der Waals surface area (Å²) < 4.78 is 0. The molecule has 0 aliphatic rings. The van der Waals surface area contributed by atoms with Crippen molar-refractivity contribution in [2.24, 2.45) is 0 Å². The van der Waals surface area contributed by atoms with Crippen molar-refractivity contribution < 1.29 is 5.11 Å². The van der Waals surface area contributed by atoms with Gasteiger partial charge < -0.3 is 15.3 Å². The number of benzene rings is 2. The van der Waals surface area contributed by atoms with E-state index in [2.05, 4.69) is 5.32 Å². The van der Waals surface area contributed by atoms with E-state index in [4.69, 9.17) is 11.6 Å². The lowest BCUT2D eigenvalue weighted by Gasteiger charge is -2.20. The Balaban J connectivity index is 2.23. The zero-order valence-electron chi connectivity index (χ0n) is 11.9. The normalized spacial score (nSPS) is 10.4. The minimum Gasteiger partial charge on any atom is -0.507 e. The van der Waals surface area contributed by atoms with Crippen LogP contribution in [0.25, 0.3) is 0 Å². The first kappa shape index (κ1) is 14.5. The standard InChI is InChI=1S/C16H19ClN2O/c1-11-6-4-7-12(16(11)20)10-18-14-9-5-8-13(17)15(14)19(2)3/h4-9,18,20H,10H2,1-3H3. The molecule has 0 fully saturated rings. The molecule has 0 heterocycles. The quantitative estimate of drug-likeness (QED) is 0.892. The summed E-state index contributed by atoms with van der Waals surface area (Å²) in [5.41, 5.74) is 3.64. The number of phenols is 1. The van der Waals surface area contributed by atoms with Gasteiger partial charge in [0, 0.05) is 26.2 Å². The highest BCUT2D eigenvalue weighted by atomic mass is 35.5. The molecule has 20 heavy (non-hydrogen) atoms. The van der Waals surface area contributed by atoms with E-state index in [1.807, 2.05) is 62.3 Å². The van der Waals surface area contributed by atoms with Crippen LogP contribution in [-0.2, 0) is 6.54 Å². The molecule has 0 aliphatic heterocycles. The van der Waals surface area contributed by atoms with Crippen LogP contribution in [0.4, 0.5) is 11.4 Å². The van der Waals surface area contributed by atoms with Gasteiger partial charge in [-0.05, 0) is 24.6 Å². The molecule has 2 aromatic rings. The first-order chi connectivity index (χ1) is 9.50. The Morgan fingerprint density at radius 3 is 2.55 bits per heavy atom. The molecule has 0 unspecified atom stereocenters. The van der Waals surface area contributed by atoms with Crippen molar-refractivity contribution in [3.8, 4) is 5.75 Å². The lowest BCUT2D eigenvalue weighted by Crippen LogP contribution is -2.12. The summed E-state index contributed by atoms with van der Waals surface area (Å²) in [4.78, 5) is 1.97. The molecule has 2 aromatic carbocycles. The number of para-hydroxylation sites is 2. The number of aromatic hydroxyl groups is 1. The molecule has 0 spiro atoms. The first-order valence-corrected chi connectivity index (χ1v) is 6.85. The van der Waals surface area contributed by atoms with Gasteiger partial charge in [0.25, 0.3) is 0 Å². The Morgan fingerprint density at radius 1 is 1.15 bits per heavy atom. The van der Waals surface area contributed by atoms with Gasteiger partial charge in [0.2, 0.25) is 0 Å². The van der Waals surface area contributed by atoms with Crippen LogP contribution in [-0.4, -0.2) is 19.2 Å². The highest BCUT2D eigenvalue weighted by Gasteiger charge is 2.10. The highest BCUT2D eigenvalue weighted by Crippen LogP contribution is 2.33. The van der Waals surface area contributed by atoms with Gasteiger partial charge in [-0.25, -0.2) is 0 Å². The maximum atomic E-state index is 10.0. The third-order valence-electron chi connectivity index (χ3n) is 3.22. The Morgan fingerprint density at radius 2 is 1.85 bits per heavy atom. The number of halogens is 1. The van der Waals surface area contributed by atoms with Crippen LogP contribution in [0.15, 0.2) is 36.4 Å². The van der Waals surface area contributed by atoms with Crippen molar-refractivity contribution in [2.75, 3.05) is 24.3 Å². The largest absolute Gasteiger partial charge is 0.507 e. The van der Waals surface area contributed by atoms with Gasteiger partial charge in [-0.3, -0.25) is 0 Å². The van der Waals surface area contributed by atoms with Crippen molar-refractivity contribution >= 4 is 23.0 Å². The summed E-state index contributed by atoms with van der Waals surface area (Å²) >= 11 is 6.23. The minimum absolute atomic E-state index is 0.341. The van der Waals surface area contributed by atoms with E-state index < -0.39 is 0 Å². The van der Waals surface area contributed by atoms with Crippen LogP contribution in [0.5, 0.6) is 5.75 Å². The summed E-state index contributed by atoms with van der Waals surface area (Å²) in [6, 6.07) is 11.5. The monoisotopic (exact) mass is 290 g/mol. The third kappa shape index (κ3) is 2.99. The molecule has 0 radical (unpaired) electrons. The van der Waals surface area contributed by atoms with E-state index >= 15 is 0 Å². The highest BCUT2D eigenvalue weighted by molar-refractivity contribution is 6.34. The molecule has 0 saturated carbocycles. The van der Waals surface area contributed by atoms with Crippen molar-refractivity contribution in [2.45, 2.75) is 13.5 Å². The zero-order valence-corrected chi connectivity index (χ0v) is 12.7. The number of phenolic OH excluding ortho intramolecular Hbond substituents is 1. The molecule has 106 valence electrons. The van der Waals surface area contributed by atoms with Crippen LogP contribution in [0.2, 0.25) is 5.02 Å². The molecular formula is C16H19ClN2O. The Kier molecular flexibility index (Phi) is 4.40. The molecule has 4 heteroatoms. The van der Waals surface area contributed by atoms with Crippen LogP contribution >= 0.6 is 11.6 Å². The molecule has 0 aromatic heterocycles. The predicted molar refractivity (Wildman–Crippen MR) is 85.9 cm³/mol. The lowest BCUT2D eigenvalue weighted by molar-refractivity contribution is 0.465. The molecule has 0 bridgehead atoms. The first-order valence-electron chi connectivity index (χ1n) is 6.48. The Hall–Kier alpha value is -1.87. The van der Waals surface area contributed by atoms with E-state index in [9.17, 15) is 5.11 Å². The fourth-order valence-electron chi connectivity index (χ4n) is 2.17. The van der Waals surface area contributed by atoms with E-state index in [-0.39, 0.29) is 0 Å². The number of rotatable bonds is 4. The predicted octanol–water partition coefficient (Wildman–Crippen LogP) is 4.03. The number of hydrogen-bond donors (Lipinski definition) is 2. The van der Waals surface area contributed by atoms with Crippen molar-refractivity contribution in [1.29, 1.82) is 0 Å². The van der Waals surface area contributed by atoms with Gasteiger partial charge >= 0.3 is 0 Å². The second-order valence-electron chi connectivity index (χ2n) is 4.97. The average Bonchev–Trinajstić information content (AvgIpc) is 2.40. The second kappa shape index (κ2) is 6.06. The molecule has 0 saturated heterocycles. The number of aryl methyl sites for hydroxylation is 1. The topological polar surface area (TPSA) is 35.5 Å². The molecule has 0 amide bonds. The molecule has 0 aliphatic carbocycles. The summed E-state index contributed by atoms with van der Waals surface area (Å²) in [7, 11) is 3.91. The molecule has 0 atom stereocenters. The van der Waals surface area contributed by atoms with Gasteiger partial charge in [0.1, 0.15) is 5.75 Å². The number of nitrogens with zero attached hydrogens (tertiary/aromatic N) is 1. The third-order valence-corrected chi connectivity index (χ3v) is 3.53. The van der Waals surface area contributed by atoms with E-state index in [1.165, 1.54) is 0 Å². The summed E-state index contributed by atoms with van der Waals surface area (Å²) in [5.74, 6) is 0.341. The van der Waals surface area contributed by atoms with Crippen molar-refractivity contribution in [3.05, 3.63) is 52.5 Å². The fourth-order valence-corrected chi connectivity index (χ4v) is 2.51. The van der Waals surface area contributed by atoms with Crippen LogP contribution in [0.3, 0.4) is 0 Å². The zero-order chi connectivity index (χ0) is 14.7. The minimum atomic E-state index is 0.341. The lowest BCUT2D eigenvalue weighted by atomic mass is 10.1. The van der Waals surface area contributed by atoms with Crippen molar-refractivity contribution in [3.63, 3.8) is 0 Å².